The number of nitrogens with one attached hydrogen (secondary N) is 1. The zero-order valence-corrected chi connectivity index (χ0v) is 13.3. The fourth-order valence-electron chi connectivity index (χ4n) is 3.42. The number of aromatic nitrogens is 2. The highest BCUT2D eigenvalue weighted by Crippen LogP contribution is 2.39. The summed E-state index contributed by atoms with van der Waals surface area (Å²) in [7, 11) is 1.67. The summed E-state index contributed by atoms with van der Waals surface area (Å²) >= 11 is 1.29. The molecule has 0 spiro atoms. The van der Waals surface area contributed by atoms with Gasteiger partial charge < -0.3 is 14.6 Å². The molecule has 1 N–H and O–H groups in total. The number of carbonyl (C=O) groups is 1. The van der Waals surface area contributed by atoms with Crippen molar-refractivity contribution in [3.63, 3.8) is 0 Å². The molecule has 6 nitrogen and oxygen atoms in total. The molecule has 0 radical (unpaired) electrons. The number of hydrogen-bond acceptors (Lipinski definition) is 5. The van der Waals surface area contributed by atoms with Crippen molar-refractivity contribution >= 4 is 27.5 Å². The van der Waals surface area contributed by atoms with Crippen molar-refractivity contribution in [1.82, 2.24) is 14.9 Å². The molecule has 4 rings (SSSR count). The lowest BCUT2D eigenvalue weighted by atomic mass is 9.76. The molecule has 1 aliphatic heterocycles. The van der Waals surface area contributed by atoms with Crippen molar-refractivity contribution in [3.8, 4) is 0 Å². The van der Waals surface area contributed by atoms with Gasteiger partial charge >= 0.3 is 0 Å². The molecular formula is C15H17N3O3S. The SMILES string of the molecule is Cc1c(C(=O)N[C@@H]2C[C@H]3OCC[C@@H]23)sc2ncn(C)c(=O)c12. The molecule has 1 aliphatic carbocycles. The molecule has 2 aromatic heterocycles. The Hall–Kier alpha value is -1.73. The molecule has 3 heterocycles. The van der Waals surface area contributed by atoms with Gasteiger partial charge in [0.15, 0.2) is 0 Å². The van der Waals surface area contributed by atoms with Crippen molar-refractivity contribution < 1.29 is 9.53 Å². The first-order valence-corrected chi connectivity index (χ1v) is 8.25. The molecule has 0 bridgehead atoms. The van der Waals surface area contributed by atoms with Crippen molar-refractivity contribution in [2.24, 2.45) is 13.0 Å². The number of aryl methyl sites for hydroxylation is 2. The van der Waals surface area contributed by atoms with Gasteiger partial charge in [-0.1, -0.05) is 0 Å². The Kier molecular flexibility index (Phi) is 3.09. The quantitative estimate of drug-likeness (QED) is 0.903. The maximum absolute atomic E-state index is 12.5. The van der Waals surface area contributed by atoms with Crippen LogP contribution in [0.25, 0.3) is 10.2 Å². The van der Waals surface area contributed by atoms with Crippen LogP contribution in [0.15, 0.2) is 11.1 Å². The van der Waals surface area contributed by atoms with E-state index in [4.69, 9.17) is 4.74 Å². The second-order valence-corrected chi connectivity index (χ2v) is 7.07. The summed E-state index contributed by atoms with van der Waals surface area (Å²) in [4.78, 5) is 30.2. The van der Waals surface area contributed by atoms with Crippen molar-refractivity contribution in [3.05, 3.63) is 27.1 Å². The number of hydrogen-bond donors (Lipinski definition) is 1. The van der Waals surface area contributed by atoms with E-state index in [1.165, 1.54) is 22.2 Å². The first-order valence-electron chi connectivity index (χ1n) is 7.43. The van der Waals surface area contributed by atoms with Gasteiger partial charge in [0.25, 0.3) is 11.5 Å². The average molecular weight is 319 g/mol. The van der Waals surface area contributed by atoms with Crippen molar-refractivity contribution in [1.29, 1.82) is 0 Å². The zero-order chi connectivity index (χ0) is 15.4. The lowest BCUT2D eigenvalue weighted by molar-refractivity contribution is 0.00815. The maximum Gasteiger partial charge on any atom is 0.262 e. The van der Waals surface area contributed by atoms with E-state index in [0.29, 0.717) is 27.1 Å². The molecule has 7 heteroatoms. The Morgan fingerprint density at radius 3 is 3.14 bits per heavy atom. The second-order valence-electron chi connectivity index (χ2n) is 6.07. The van der Waals surface area contributed by atoms with Gasteiger partial charge in [-0.05, 0) is 25.3 Å². The smallest absolute Gasteiger partial charge is 0.262 e. The minimum absolute atomic E-state index is 0.0992. The predicted molar refractivity (Wildman–Crippen MR) is 83.3 cm³/mol. The molecular weight excluding hydrogens is 302 g/mol. The molecule has 3 atom stereocenters. The van der Waals surface area contributed by atoms with Crippen LogP contribution < -0.4 is 10.9 Å². The van der Waals surface area contributed by atoms with Crippen molar-refractivity contribution in [2.45, 2.75) is 31.9 Å². The van der Waals surface area contributed by atoms with Gasteiger partial charge in [-0.25, -0.2) is 4.98 Å². The summed E-state index contributed by atoms with van der Waals surface area (Å²) in [5, 5.41) is 3.65. The van der Waals surface area contributed by atoms with Crippen LogP contribution in [0.4, 0.5) is 0 Å². The third-order valence-electron chi connectivity index (χ3n) is 4.80. The number of thiophene rings is 1. The fourth-order valence-corrected chi connectivity index (χ4v) is 4.47. The van der Waals surface area contributed by atoms with Gasteiger partial charge in [0.2, 0.25) is 0 Å². The van der Waals surface area contributed by atoms with Crippen LogP contribution in [-0.4, -0.2) is 34.2 Å². The standard InChI is InChI=1S/C15H17N3O3S/c1-7-11-14(16-6-18(2)15(11)20)22-12(7)13(19)17-9-5-10-8(9)3-4-21-10/h6,8-10H,3-5H2,1-2H3,(H,17,19)/t8-,9+,10+/m0/s1. The van der Waals surface area contributed by atoms with E-state index in [2.05, 4.69) is 10.3 Å². The van der Waals surface area contributed by atoms with Gasteiger partial charge in [-0.2, -0.15) is 0 Å². The molecule has 0 unspecified atom stereocenters. The Bertz CT molecular complexity index is 825. The highest BCUT2D eigenvalue weighted by atomic mass is 32.1. The second kappa shape index (κ2) is 4.89. The summed E-state index contributed by atoms with van der Waals surface area (Å²) in [5.41, 5.74) is 0.621. The first kappa shape index (κ1) is 13.9. The number of fused-ring (bicyclic) bond motifs is 2. The summed E-state index contributed by atoms with van der Waals surface area (Å²) in [6.45, 7) is 2.61. The van der Waals surface area contributed by atoms with E-state index in [-0.39, 0.29) is 17.5 Å². The van der Waals surface area contributed by atoms with Gasteiger partial charge in [-0.15, -0.1) is 11.3 Å². The zero-order valence-electron chi connectivity index (χ0n) is 12.5. The van der Waals surface area contributed by atoms with E-state index in [0.717, 1.165) is 25.0 Å². The number of rotatable bonds is 2. The van der Waals surface area contributed by atoms with Gasteiger partial charge in [-0.3, -0.25) is 9.59 Å². The van der Waals surface area contributed by atoms with Gasteiger partial charge in [0.05, 0.1) is 22.7 Å². The predicted octanol–water partition coefficient (Wildman–Crippen LogP) is 1.21. The van der Waals surface area contributed by atoms with E-state index in [9.17, 15) is 9.59 Å². The molecule has 1 saturated heterocycles. The maximum atomic E-state index is 12.5. The van der Waals surface area contributed by atoms with E-state index in [1.54, 1.807) is 7.05 Å². The van der Waals surface area contributed by atoms with Gasteiger partial charge in [0, 0.05) is 25.6 Å². The summed E-state index contributed by atoms with van der Waals surface area (Å²) < 4.78 is 7.01. The summed E-state index contributed by atoms with van der Waals surface area (Å²) in [6, 6.07) is 0.195. The summed E-state index contributed by atoms with van der Waals surface area (Å²) in [6.07, 6.45) is 3.72. The minimum Gasteiger partial charge on any atom is -0.378 e. The average Bonchev–Trinajstić information content (AvgIpc) is 3.01. The van der Waals surface area contributed by atoms with Crippen LogP contribution in [0, 0.1) is 12.8 Å². The first-order chi connectivity index (χ1) is 10.6. The van der Waals surface area contributed by atoms with Crippen molar-refractivity contribution in [2.75, 3.05) is 6.61 Å². The Morgan fingerprint density at radius 2 is 2.36 bits per heavy atom. The number of nitrogens with zero attached hydrogens (tertiary/aromatic N) is 2. The number of amides is 1. The molecule has 2 aliphatic rings. The van der Waals surface area contributed by atoms with E-state index in [1.807, 2.05) is 6.92 Å². The van der Waals surface area contributed by atoms with Crippen LogP contribution in [0.5, 0.6) is 0 Å². The lowest BCUT2D eigenvalue weighted by Crippen LogP contribution is -2.53. The highest BCUT2D eigenvalue weighted by molar-refractivity contribution is 7.20. The van der Waals surface area contributed by atoms with E-state index < -0.39 is 0 Å². The van der Waals surface area contributed by atoms with Crippen LogP contribution in [0.3, 0.4) is 0 Å². The number of ether oxygens (including phenoxy) is 1. The molecule has 116 valence electrons. The van der Waals surface area contributed by atoms with E-state index >= 15 is 0 Å². The fraction of sp³-hybridized carbons (Fsp3) is 0.533. The molecule has 2 fully saturated rings. The Balaban J connectivity index is 1.63. The summed E-state index contributed by atoms with van der Waals surface area (Å²) in [5.74, 6) is 0.350. The molecule has 2 aromatic rings. The molecule has 22 heavy (non-hydrogen) atoms. The van der Waals surface area contributed by atoms with Crippen LogP contribution in [0.1, 0.15) is 28.1 Å². The Morgan fingerprint density at radius 1 is 1.55 bits per heavy atom. The molecule has 1 amide bonds. The Labute approximate surface area is 131 Å². The monoisotopic (exact) mass is 319 g/mol. The third kappa shape index (κ3) is 1.92. The van der Waals surface area contributed by atoms with Gasteiger partial charge in [0.1, 0.15) is 4.83 Å². The topological polar surface area (TPSA) is 73.2 Å². The van der Waals surface area contributed by atoms with Crippen LogP contribution >= 0.6 is 11.3 Å². The molecule has 1 saturated carbocycles. The molecule has 0 aromatic carbocycles. The van der Waals surface area contributed by atoms with Crippen LogP contribution in [-0.2, 0) is 11.8 Å². The number of carbonyl (C=O) groups excluding carboxylic acids is 1. The van der Waals surface area contributed by atoms with Crippen LogP contribution in [0.2, 0.25) is 0 Å². The minimum atomic E-state index is -0.106. The lowest BCUT2D eigenvalue weighted by Gasteiger charge is -2.39. The largest absolute Gasteiger partial charge is 0.378 e. The highest BCUT2D eigenvalue weighted by Gasteiger charge is 2.46. The third-order valence-corrected chi connectivity index (χ3v) is 6.00. The normalized spacial score (nSPS) is 26.7.